The van der Waals surface area contributed by atoms with Gasteiger partial charge in [-0.25, -0.2) is 0 Å². The van der Waals surface area contributed by atoms with Gasteiger partial charge in [-0.1, -0.05) is 36.9 Å². The molecule has 160 valence electrons. The Morgan fingerprint density at radius 2 is 2.06 bits per heavy atom. The minimum atomic E-state index is -0.358. The van der Waals surface area contributed by atoms with Gasteiger partial charge in [-0.05, 0) is 43.2 Å². The molecule has 0 unspecified atom stereocenters. The van der Waals surface area contributed by atoms with Gasteiger partial charge in [0, 0.05) is 30.1 Å². The van der Waals surface area contributed by atoms with E-state index in [2.05, 4.69) is 33.7 Å². The third kappa shape index (κ3) is 3.34. The topological polar surface area (TPSA) is 71.1 Å². The summed E-state index contributed by atoms with van der Waals surface area (Å²) in [5, 5.41) is 0. The number of ether oxygens (including phenoxy) is 1. The Hall–Kier alpha value is -3.93. The average molecular weight is 425 g/mol. The predicted octanol–water partition coefficient (Wildman–Crippen LogP) is 4.85. The first-order chi connectivity index (χ1) is 15.6. The van der Waals surface area contributed by atoms with Crippen LogP contribution in [0, 0.1) is 0 Å². The van der Waals surface area contributed by atoms with E-state index in [1.54, 1.807) is 23.5 Å². The largest absolute Gasteiger partial charge is 0.489 e. The van der Waals surface area contributed by atoms with Crippen LogP contribution in [0.1, 0.15) is 13.3 Å². The maximum atomic E-state index is 12.1. The van der Waals surface area contributed by atoms with Crippen molar-refractivity contribution in [3.05, 3.63) is 79.8 Å². The molecule has 1 N–H and O–H groups in total. The average Bonchev–Trinajstić information content (AvgIpc) is 3.22. The van der Waals surface area contributed by atoms with Crippen LogP contribution in [0.2, 0.25) is 0 Å². The summed E-state index contributed by atoms with van der Waals surface area (Å²) in [7, 11) is 0. The number of hydrogen-bond donors (Lipinski definition) is 1. The van der Waals surface area contributed by atoms with Crippen molar-refractivity contribution in [2.24, 2.45) is 0 Å². The number of aromatic amines is 1. The lowest BCUT2D eigenvalue weighted by Gasteiger charge is -2.49. The number of aromatic nitrogens is 3. The summed E-state index contributed by atoms with van der Waals surface area (Å²) in [6.07, 6.45) is 7.53. The molecule has 6 nitrogen and oxygen atoms in total. The van der Waals surface area contributed by atoms with E-state index in [9.17, 15) is 4.79 Å². The molecule has 1 fully saturated rings. The van der Waals surface area contributed by atoms with Crippen molar-refractivity contribution in [2.45, 2.75) is 18.9 Å². The number of fused-ring (bicyclic) bond motifs is 1. The minimum absolute atomic E-state index is 0.0678. The molecule has 1 amide bonds. The van der Waals surface area contributed by atoms with E-state index in [1.807, 2.05) is 43.3 Å². The highest BCUT2D eigenvalue weighted by Crippen LogP contribution is 2.41. The van der Waals surface area contributed by atoms with Gasteiger partial charge in [0.25, 0.3) is 0 Å². The highest BCUT2D eigenvalue weighted by molar-refractivity contribution is 6.02. The van der Waals surface area contributed by atoms with E-state index >= 15 is 0 Å². The zero-order chi connectivity index (χ0) is 22.1. The summed E-state index contributed by atoms with van der Waals surface area (Å²) in [6.45, 7) is 6.74. The van der Waals surface area contributed by atoms with Crippen molar-refractivity contribution in [1.82, 2.24) is 19.9 Å². The van der Waals surface area contributed by atoms with Crippen molar-refractivity contribution >= 4 is 16.9 Å². The summed E-state index contributed by atoms with van der Waals surface area (Å²) in [5.41, 5.74) is 5.44. The second-order valence-electron chi connectivity index (χ2n) is 8.24. The fourth-order valence-electron chi connectivity index (χ4n) is 4.29. The third-order valence-electron chi connectivity index (χ3n) is 6.18. The van der Waals surface area contributed by atoms with Crippen LogP contribution in [0.4, 0.5) is 0 Å². The van der Waals surface area contributed by atoms with Crippen molar-refractivity contribution < 1.29 is 9.53 Å². The van der Waals surface area contributed by atoms with E-state index in [-0.39, 0.29) is 11.4 Å². The van der Waals surface area contributed by atoms with Gasteiger partial charge in [-0.15, -0.1) is 0 Å². The van der Waals surface area contributed by atoms with E-state index in [0.717, 1.165) is 46.4 Å². The number of nitrogens with zero attached hydrogens (tertiary/aromatic N) is 3. The van der Waals surface area contributed by atoms with Crippen molar-refractivity contribution in [3.8, 4) is 28.1 Å². The Bertz CT molecular complexity index is 1300. The Morgan fingerprint density at radius 3 is 2.81 bits per heavy atom. The molecule has 0 aliphatic carbocycles. The lowest BCUT2D eigenvalue weighted by Crippen LogP contribution is -2.62. The van der Waals surface area contributed by atoms with Gasteiger partial charge in [0.2, 0.25) is 5.91 Å². The molecule has 4 heterocycles. The van der Waals surface area contributed by atoms with Crippen LogP contribution >= 0.6 is 0 Å². The van der Waals surface area contributed by atoms with Crippen LogP contribution in [0.5, 0.6) is 5.75 Å². The molecule has 0 spiro atoms. The molecule has 3 aromatic heterocycles. The van der Waals surface area contributed by atoms with Gasteiger partial charge >= 0.3 is 0 Å². The number of carbonyl (C=O) groups excluding carboxylic acids is 1. The Balaban J connectivity index is 1.55. The predicted molar refractivity (Wildman–Crippen MR) is 125 cm³/mol. The molecule has 1 aliphatic heterocycles. The molecule has 0 bridgehead atoms. The molecule has 32 heavy (non-hydrogen) atoms. The monoisotopic (exact) mass is 424 g/mol. The first-order valence-electron chi connectivity index (χ1n) is 10.6. The number of benzene rings is 1. The fourth-order valence-corrected chi connectivity index (χ4v) is 4.29. The van der Waals surface area contributed by atoms with Crippen LogP contribution < -0.4 is 4.74 Å². The standard InChI is InChI=1S/C26H24N4O2/c1-3-22(31)30-15-12-26(30,2)17-32-21-16-27-14-11-19(21)24-23(18-8-5-4-6-9-18)25-20(29-24)10-7-13-28-25/h3-11,13-14,16,29H,1,12,15,17H2,2H3/t26-/m1/s1. The lowest BCUT2D eigenvalue weighted by molar-refractivity contribution is -0.142. The van der Waals surface area contributed by atoms with Gasteiger partial charge in [0.05, 0.1) is 28.5 Å². The van der Waals surface area contributed by atoms with Crippen molar-refractivity contribution in [3.63, 3.8) is 0 Å². The number of hydrogen-bond acceptors (Lipinski definition) is 4. The van der Waals surface area contributed by atoms with Crippen LogP contribution in [0.25, 0.3) is 33.4 Å². The maximum absolute atomic E-state index is 12.1. The molecule has 6 heteroatoms. The zero-order valence-electron chi connectivity index (χ0n) is 17.9. The fraction of sp³-hybridized carbons (Fsp3) is 0.192. The van der Waals surface area contributed by atoms with Crippen LogP contribution in [0.3, 0.4) is 0 Å². The molecule has 0 saturated carbocycles. The normalized spacial score (nSPS) is 17.7. The number of pyridine rings is 2. The van der Waals surface area contributed by atoms with Gasteiger partial charge in [-0.3, -0.25) is 14.8 Å². The maximum Gasteiger partial charge on any atom is 0.246 e. The SMILES string of the molecule is C=CC(=O)N1CC[C@]1(C)COc1cnccc1-c1[nH]c2cccnc2c1-c1ccccc1. The molecule has 4 aromatic rings. The molecule has 1 saturated heterocycles. The van der Waals surface area contributed by atoms with Gasteiger partial charge < -0.3 is 14.6 Å². The summed E-state index contributed by atoms with van der Waals surface area (Å²) in [6, 6.07) is 16.1. The van der Waals surface area contributed by atoms with Gasteiger partial charge in [0.1, 0.15) is 12.4 Å². The van der Waals surface area contributed by atoms with Crippen molar-refractivity contribution in [1.29, 1.82) is 0 Å². The molecule has 1 aromatic carbocycles. The number of carbonyl (C=O) groups is 1. The molecule has 0 radical (unpaired) electrons. The molecule has 5 rings (SSSR count). The summed E-state index contributed by atoms with van der Waals surface area (Å²) >= 11 is 0. The molecule has 1 aliphatic rings. The summed E-state index contributed by atoms with van der Waals surface area (Å²) in [4.78, 5) is 26.4. The van der Waals surface area contributed by atoms with E-state index in [1.165, 1.54) is 6.08 Å². The first-order valence-corrected chi connectivity index (χ1v) is 10.6. The second-order valence-corrected chi connectivity index (χ2v) is 8.24. The van der Waals surface area contributed by atoms with Crippen LogP contribution in [0.15, 0.2) is 79.8 Å². The van der Waals surface area contributed by atoms with E-state index < -0.39 is 0 Å². The Morgan fingerprint density at radius 1 is 1.22 bits per heavy atom. The second kappa shape index (κ2) is 7.96. The molecular weight excluding hydrogens is 400 g/mol. The number of H-pyrrole nitrogens is 1. The van der Waals surface area contributed by atoms with Gasteiger partial charge in [-0.2, -0.15) is 0 Å². The lowest BCUT2D eigenvalue weighted by atomic mass is 9.87. The number of likely N-dealkylation sites (tertiary alicyclic amines) is 1. The van der Waals surface area contributed by atoms with E-state index in [4.69, 9.17) is 4.74 Å². The minimum Gasteiger partial charge on any atom is -0.489 e. The number of nitrogens with one attached hydrogen (secondary N) is 1. The molecular formula is C26H24N4O2. The first kappa shape index (κ1) is 20.0. The Kier molecular flexibility index (Phi) is 4.98. The highest BCUT2D eigenvalue weighted by Gasteiger charge is 2.43. The van der Waals surface area contributed by atoms with Crippen molar-refractivity contribution in [2.75, 3.05) is 13.2 Å². The Labute approximate surface area is 186 Å². The molecule has 1 atom stereocenters. The van der Waals surface area contributed by atoms with Crippen LogP contribution in [-0.4, -0.2) is 44.4 Å². The van der Waals surface area contributed by atoms with Crippen LogP contribution in [-0.2, 0) is 4.79 Å². The quantitative estimate of drug-likeness (QED) is 0.449. The van der Waals surface area contributed by atoms with Gasteiger partial charge in [0.15, 0.2) is 0 Å². The van der Waals surface area contributed by atoms with E-state index in [0.29, 0.717) is 12.4 Å². The number of rotatable bonds is 6. The summed E-state index contributed by atoms with van der Waals surface area (Å²) in [5.74, 6) is 0.595. The highest BCUT2D eigenvalue weighted by atomic mass is 16.5. The summed E-state index contributed by atoms with van der Waals surface area (Å²) < 4.78 is 6.28. The number of amides is 1. The zero-order valence-corrected chi connectivity index (χ0v) is 17.9. The third-order valence-corrected chi connectivity index (χ3v) is 6.18. The smallest absolute Gasteiger partial charge is 0.246 e.